The second-order valence-corrected chi connectivity index (χ2v) is 5.55. The van der Waals surface area contributed by atoms with Gasteiger partial charge in [0.2, 0.25) is 0 Å². The second-order valence-electron chi connectivity index (χ2n) is 5.55. The van der Waals surface area contributed by atoms with Crippen molar-refractivity contribution < 1.29 is 13.6 Å². The molecular weight excluding hydrogens is 334 g/mol. The van der Waals surface area contributed by atoms with Gasteiger partial charge in [-0.25, -0.2) is 8.78 Å². The summed E-state index contributed by atoms with van der Waals surface area (Å²) < 4.78 is 25.9. The smallest absolute Gasteiger partial charge is 0.142 e. The fraction of sp³-hybridized carbons (Fsp3) is 0.278. The summed E-state index contributed by atoms with van der Waals surface area (Å²) in [5.74, 6) is -0.383. The number of rotatable bonds is 4. The Hall–Kier alpha value is -1.98. The molecule has 0 aliphatic carbocycles. The zero-order valence-corrected chi connectivity index (χ0v) is 13.9. The number of oxime groups is 1. The average molecular weight is 353 g/mol. The number of hydrogen-bond acceptors (Lipinski definition) is 3. The van der Waals surface area contributed by atoms with Crippen LogP contribution in [0.25, 0.3) is 0 Å². The van der Waals surface area contributed by atoms with Crippen molar-refractivity contribution in [2.75, 3.05) is 13.1 Å². The first-order valence-corrected chi connectivity index (χ1v) is 7.62. The Balaban J connectivity index is 0.00000208. The molecule has 1 unspecified atom stereocenters. The summed E-state index contributed by atoms with van der Waals surface area (Å²) in [6.07, 6.45) is 0.893. The highest BCUT2D eigenvalue weighted by atomic mass is 35.5. The molecule has 0 bridgehead atoms. The van der Waals surface area contributed by atoms with E-state index in [4.69, 9.17) is 4.84 Å². The molecule has 0 spiro atoms. The summed E-state index contributed by atoms with van der Waals surface area (Å²) in [7, 11) is 0. The lowest BCUT2D eigenvalue weighted by molar-refractivity contribution is 0.128. The molecular formula is C18H19ClF2N2O. The highest BCUT2D eigenvalue weighted by molar-refractivity contribution is 5.93. The fourth-order valence-corrected chi connectivity index (χ4v) is 2.67. The minimum absolute atomic E-state index is 0. The number of nitrogens with one attached hydrogen (secondary N) is 1. The summed E-state index contributed by atoms with van der Waals surface area (Å²) >= 11 is 0. The van der Waals surface area contributed by atoms with Gasteiger partial charge in [0.1, 0.15) is 18.2 Å². The minimum atomic E-state index is -0.270. The van der Waals surface area contributed by atoms with Gasteiger partial charge in [0.05, 0.1) is 5.71 Å². The predicted octanol–water partition coefficient (Wildman–Crippen LogP) is 4.04. The highest BCUT2D eigenvalue weighted by Gasteiger charge is 2.22. The van der Waals surface area contributed by atoms with E-state index in [1.165, 1.54) is 24.3 Å². The summed E-state index contributed by atoms with van der Waals surface area (Å²) in [4.78, 5) is 5.43. The van der Waals surface area contributed by atoms with Crippen molar-refractivity contribution in [2.24, 2.45) is 5.16 Å². The summed E-state index contributed by atoms with van der Waals surface area (Å²) in [5.41, 5.74) is 2.79. The van der Waals surface area contributed by atoms with E-state index in [2.05, 4.69) is 10.5 Å². The van der Waals surface area contributed by atoms with Crippen molar-refractivity contribution in [3.8, 4) is 0 Å². The molecule has 3 nitrogen and oxygen atoms in total. The third-order valence-electron chi connectivity index (χ3n) is 3.92. The van der Waals surface area contributed by atoms with Gasteiger partial charge in [0.15, 0.2) is 0 Å². The van der Waals surface area contributed by atoms with Crippen LogP contribution in [0.15, 0.2) is 53.7 Å². The van der Waals surface area contributed by atoms with E-state index < -0.39 is 0 Å². The number of piperidine rings is 1. The molecule has 1 aliphatic rings. The van der Waals surface area contributed by atoms with Crippen molar-refractivity contribution in [3.05, 3.63) is 71.3 Å². The molecule has 0 radical (unpaired) electrons. The van der Waals surface area contributed by atoms with Crippen molar-refractivity contribution in [3.63, 3.8) is 0 Å². The van der Waals surface area contributed by atoms with E-state index >= 15 is 0 Å². The van der Waals surface area contributed by atoms with Crippen molar-refractivity contribution in [1.29, 1.82) is 0 Å². The van der Waals surface area contributed by atoms with Crippen molar-refractivity contribution in [1.82, 2.24) is 5.32 Å². The highest BCUT2D eigenvalue weighted by Crippen LogP contribution is 2.24. The lowest BCUT2D eigenvalue weighted by Gasteiger charge is -2.24. The molecule has 2 aromatic rings. The molecule has 2 aromatic carbocycles. The predicted molar refractivity (Wildman–Crippen MR) is 92.5 cm³/mol. The van der Waals surface area contributed by atoms with Gasteiger partial charge in [-0.15, -0.1) is 12.4 Å². The molecule has 3 rings (SSSR count). The Morgan fingerprint density at radius 2 is 1.62 bits per heavy atom. The van der Waals surface area contributed by atoms with Crippen LogP contribution in [0.4, 0.5) is 8.78 Å². The molecule has 0 saturated carbocycles. The Bertz CT molecular complexity index is 674. The minimum Gasteiger partial charge on any atom is -0.391 e. The summed E-state index contributed by atoms with van der Waals surface area (Å²) in [5, 5.41) is 7.52. The van der Waals surface area contributed by atoms with Crippen molar-refractivity contribution in [2.45, 2.75) is 18.9 Å². The van der Waals surface area contributed by atoms with E-state index in [1.807, 2.05) is 0 Å². The van der Waals surface area contributed by atoms with E-state index in [9.17, 15) is 8.78 Å². The third kappa shape index (κ3) is 4.76. The first-order valence-electron chi connectivity index (χ1n) is 7.62. The topological polar surface area (TPSA) is 33.6 Å². The van der Waals surface area contributed by atoms with Gasteiger partial charge in [-0.1, -0.05) is 29.4 Å². The van der Waals surface area contributed by atoms with Crippen LogP contribution < -0.4 is 5.32 Å². The molecule has 1 saturated heterocycles. The zero-order valence-electron chi connectivity index (χ0n) is 13.0. The lowest BCUT2D eigenvalue weighted by atomic mass is 9.88. The van der Waals surface area contributed by atoms with E-state index in [0.29, 0.717) is 13.2 Å². The Morgan fingerprint density at radius 1 is 1.00 bits per heavy atom. The largest absolute Gasteiger partial charge is 0.391 e. The quantitative estimate of drug-likeness (QED) is 0.843. The van der Waals surface area contributed by atoms with Crippen LogP contribution >= 0.6 is 12.4 Å². The van der Waals surface area contributed by atoms with Crippen LogP contribution in [-0.2, 0) is 11.4 Å². The van der Waals surface area contributed by atoms with Crippen LogP contribution in [0.2, 0.25) is 0 Å². The fourth-order valence-electron chi connectivity index (χ4n) is 2.67. The zero-order chi connectivity index (χ0) is 16.1. The SMILES string of the molecule is Cl.Fc1ccc(CO/N=C2/CNCCC2c2ccc(F)cc2)cc1. The number of nitrogens with zero attached hydrogens (tertiary/aromatic N) is 1. The Kier molecular flexibility index (Phi) is 6.70. The van der Waals surface area contributed by atoms with E-state index in [0.717, 1.165) is 29.8 Å². The van der Waals surface area contributed by atoms with Gasteiger partial charge < -0.3 is 10.2 Å². The van der Waals surface area contributed by atoms with Gasteiger partial charge in [0.25, 0.3) is 0 Å². The average Bonchev–Trinajstić information content (AvgIpc) is 2.58. The first kappa shape index (κ1) is 18.4. The van der Waals surface area contributed by atoms with Gasteiger partial charge in [-0.2, -0.15) is 0 Å². The van der Waals surface area contributed by atoms with E-state index in [-0.39, 0.29) is 30.0 Å². The van der Waals surface area contributed by atoms with Crippen LogP contribution in [0.1, 0.15) is 23.5 Å². The molecule has 128 valence electrons. The molecule has 24 heavy (non-hydrogen) atoms. The maximum atomic E-state index is 13.1. The van der Waals surface area contributed by atoms with Gasteiger partial charge in [-0.3, -0.25) is 0 Å². The standard InChI is InChI=1S/C18H18F2N2O.ClH/c19-15-5-1-13(2-6-15)12-23-22-18-11-21-10-9-17(18)14-3-7-16(20)8-4-14;/h1-8,17,21H,9-12H2;1H/b22-18-;. The van der Waals surface area contributed by atoms with Crippen LogP contribution in [-0.4, -0.2) is 18.8 Å². The van der Waals surface area contributed by atoms with Crippen LogP contribution in [0.3, 0.4) is 0 Å². The third-order valence-corrected chi connectivity index (χ3v) is 3.92. The maximum absolute atomic E-state index is 13.1. The normalized spacial score (nSPS) is 18.9. The molecule has 1 heterocycles. The monoisotopic (exact) mass is 352 g/mol. The summed E-state index contributed by atoms with van der Waals surface area (Å²) in [6.45, 7) is 1.82. The Labute approximate surface area is 146 Å². The molecule has 0 aromatic heterocycles. The molecule has 6 heteroatoms. The number of hydrogen-bond donors (Lipinski definition) is 1. The molecule has 1 fully saturated rings. The van der Waals surface area contributed by atoms with Gasteiger partial charge in [0, 0.05) is 12.5 Å². The number of halogens is 3. The van der Waals surface area contributed by atoms with Crippen LogP contribution in [0.5, 0.6) is 0 Å². The summed E-state index contributed by atoms with van der Waals surface area (Å²) in [6, 6.07) is 12.7. The Morgan fingerprint density at radius 3 is 2.29 bits per heavy atom. The molecule has 1 atom stereocenters. The van der Waals surface area contributed by atoms with Gasteiger partial charge >= 0.3 is 0 Å². The number of benzene rings is 2. The van der Waals surface area contributed by atoms with Crippen molar-refractivity contribution >= 4 is 18.1 Å². The molecule has 1 N–H and O–H groups in total. The molecule has 1 aliphatic heterocycles. The van der Waals surface area contributed by atoms with Gasteiger partial charge in [-0.05, 0) is 48.4 Å². The first-order chi connectivity index (χ1) is 11.2. The van der Waals surface area contributed by atoms with E-state index in [1.54, 1.807) is 24.3 Å². The second kappa shape index (κ2) is 8.76. The maximum Gasteiger partial charge on any atom is 0.142 e. The lowest BCUT2D eigenvalue weighted by Crippen LogP contribution is -2.36. The van der Waals surface area contributed by atoms with Crippen LogP contribution in [0, 0.1) is 11.6 Å². The molecule has 0 amide bonds.